The molecule has 0 radical (unpaired) electrons. The van der Waals surface area contributed by atoms with E-state index in [1.54, 1.807) is 12.1 Å². The lowest BCUT2D eigenvalue weighted by Gasteiger charge is -2.14. The van der Waals surface area contributed by atoms with Crippen LogP contribution in [0.1, 0.15) is 43.4 Å². The number of nitrogen functional groups attached to an aromatic ring is 1. The number of nitrogens with zero attached hydrogens (tertiary/aromatic N) is 1. The molecule has 1 amide bonds. The summed E-state index contributed by atoms with van der Waals surface area (Å²) in [5.41, 5.74) is 12.6. The Labute approximate surface area is 148 Å². The molecule has 3 N–H and O–H groups in total. The summed E-state index contributed by atoms with van der Waals surface area (Å²) >= 11 is 0. The fourth-order valence-corrected chi connectivity index (χ4v) is 2.35. The molecular formula is C20H25N3O2. The molecule has 5 heteroatoms. The van der Waals surface area contributed by atoms with Crippen molar-refractivity contribution in [1.29, 1.82) is 0 Å². The van der Waals surface area contributed by atoms with Crippen LogP contribution in [0.4, 0.5) is 5.69 Å². The van der Waals surface area contributed by atoms with E-state index in [1.165, 1.54) is 0 Å². The number of hydrogen-bond donors (Lipinski definition) is 2. The van der Waals surface area contributed by atoms with Gasteiger partial charge in [-0.2, -0.15) is 5.10 Å². The van der Waals surface area contributed by atoms with E-state index in [1.807, 2.05) is 44.2 Å². The number of nitrogens with one attached hydrogen (secondary N) is 1. The fraction of sp³-hybridized carbons (Fsp3) is 0.300. The Morgan fingerprint density at radius 1 is 1.20 bits per heavy atom. The number of hydrogen-bond acceptors (Lipinski definition) is 4. The molecule has 0 unspecified atom stereocenters. The van der Waals surface area contributed by atoms with Gasteiger partial charge in [0.15, 0.2) is 6.61 Å². The Morgan fingerprint density at radius 3 is 2.52 bits per heavy atom. The molecule has 2 rings (SSSR count). The monoisotopic (exact) mass is 339 g/mol. The van der Waals surface area contributed by atoms with Crippen molar-refractivity contribution in [2.75, 3.05) is 12.3 Å². The van der Waals surface area contributed by atoms with Gasteiger partial charge in [0.1, 0.15) is 5.75 Å². The van der Waals surface area contributed by atoms with Crippen LogP contribution < -0.4 is 15.9 Å². The van der Waals surface area contributed by atoms with Gasteiger partial charge in [0.05, 0.1) is 5.71 Å². The Kier molecular flexibility index (Phi) is 6.17. The quantitative estimate of drug-likeness (QED) is 0.479. The van der Waals surface area contributed by atoms with Crippen LogP contribution in [0.3, 0.4) is 0 Å². The first kappa shape index (κ1) is 18.5. The predicted octanol–water partition coefficient (Wildman–Crippen LogP) is 3.62. The molecule has 2 aromatic carbocycles. The summed E-state index contributed by atoms with van der Waals surface area (Å²) in [6, 6.07) is 13.3. The molecule has 0 atom stereocenters. The van der Waals surface area contributed by atoms with Crippen LogP contribution >= 0.6 is 0 Å². The van der Waals surface area contributed by atoms with Crippen molar-refractivity contribution in [2.24, 2.45) is 5.10 Å². The van der Waals surface area contributed by atoms with Gasteiger partial charge in [0, 0.05) is 5.69 Å². The second-order valence-corrected chi connectivity index (χ2v) is 6.34. The molecule has 0 aliphatic heterocycles. The van der Waals surface area contributed by atoms with Crippen molar-refractivity contribution >= 4 is 17.3 Å². The van der Waals surface area contributed by atoms with Crippen molar-refractivity contribution < 1.29 is 9.53 Å². The highest BCUT2D eigenvalue weighted by Gasteiger charge is 2.10. The number of hydrazone groups is 1. The van der Waals surface area contributed by atoms with Crippen molar-refractivity contribution in [1.82, 2.24) is 5.43 Å². The van der Waals surface area contributed by atoms with E-state index in [2.05, 4.69) is 24.4 Å². The molecule has 0 bridgehead atoms. The number of anilines is 1. The van der Waals surface area contributed by atoms with Gasteiger partial charge in [-0.3, -0.25) is 4.79 Å². The Bertz CT molecular complexity index is 765. The maximum Gasteiger partial charge on any atom is 0.277 e. The van der Waals surface area contributed by atoms with Gasteiger partial charge >= 0.3 is 0 Å². The number of benzene rings is 2. The number of ether oxygens (including phenoxy) is 1. The van der Waals surface area contributed by atoms with E-state index in [0.717, 1.165) is 22.4 Å². The van der Waals surface area contributed by atoms with Crippen molar-refractivity contribution in [2.45, 2.75) is 33.6 Å². The zero-order valence-corrected chi connectivity index (χ0v) is 15.2. The summed E-state index contributed by atoms with van der Waals surface area (Å²) in [5.74, 6) is 0.764. The van der Waals surface area contributed by atoms with E-state index in [-0.39, 0.29) is 12.5 Å². The Hall–Kier alpha value is -2.82. The van der Waals surface area contributed by atoms with Gasteiger partial charge in [0.2, 0.25) is 0 Å². The predicted molar refractivity (Wildman–Crippen MR) is 102 cm³/mol. The smallest absolute Gasteiger partial charge is 0.277 e. The zero-order chi connectivity index (χ0) is 18.4. The molecule has 0 heterocycles. The summed E-state index contributed by atoms with van der Waals surface area (Å²) < 4.78 is 5.70. The molecule has 5 nitrogen and oxygen atoms in total. The minimum atomic E-state index is -0.300. The topological polar surface area (TPSA) is 76.7 Å². The van der Waals surface area contributed by atoms with Gasteiger partial charge in [-0.05, 0) is 54.7 Å². The molecule has 0 aliphatic carbocycles. The number of carbonyl (C=O) groups excluding carboxylic acids is 1. The van der Waals surface area contributed by atoms with Gasteiger partial charge in [0.25, 0.3) is 5.91 Å². The summed E-state index contributed by atoms with van der Waals surface area (Å²) in [6.45, 7) is 7.93. The van der Waals surface area contributed by atoms with Crippen LogP contribution in [0.25, 0.3) is 0 Å². The van der Waals surface area contributed by atoms with Crippen LogP contribution in [-0.4, -0.2) is 18.2 Å². The number of amides is 1. The van der Waals surface area contributed by atoms with Crippen LogP contribution in [0.15, 0.2) is 47.6 Å². The van der Waals surface area contributed by atoms with Gasteiger partial charge in [-0.25, -0.2) is 5.43 Å². The van der Waals surface area contributed by atoms with E-state index >= 15 is 0 Å². The van der Waals surface area contributed by atoms with Gasteiger partial charge in [-0.15, -0.1) is 0 Å². The number of nitrogens with two attached hydrogens (primary N) is 1. The van der Waals surface area contributed by atoms with E-state index < -0.39 is 0 Å². The van der Waals surface area contributed by atoms with Crippen LogP contribution in [0.5, 0.6) is 5.75 Å². The molecule has 0 spiro atoms. The third-order valence-electron chi connectivity index (χ3n) is 3.83. The van der Waals surface area contributed by atoms with Gasteiger partial charge < -0.3 is 10.5 Å². The molecule has 0 saturated heterocycles. The second kappa shape index (κ2) is 8.33. The average Bonchev–Trinajstić information content (AvgIpc) is 2.58. The SMILES string of the molecule is C/C(=N/NC(=O)COc1cc(C)ccc1C(C)C)c1ccc(N)cc1. The lowest BCUT2D eigenvalue weighted by Crippen LogP contribution is -2.26. The Balaban J connectivity index is 1.96. The van der Waals surface area contributed by atoms with Crippen LogP contribution in [0, 0.1) is 6.92 Å². The standard InChI is InChI=1S/C20H25N3O2/c1-13(2)18-10-5-14(3)11-19(18)25-12-20(24)23-22-15(4)16-6-8-17(21)9-7-16/h5-11,13H,12,21H2,1-4H3,(H,23,24)/b22-15-. The largest absolute Gasteiger partial charge is 0.483 e. The maximum absolute atomic E-state index is 12.0. The van der Waals surface area contributed by atoms with Crippen molar-refractivity contribution in [3.63, 3.8) is 0 Å². The minimum absolute atomic E-state index is 0.0817. The molecular weight excluding hydrogens is 314 g/mol. The summed E-state index contributed by atoms with van der Waals surface area (Å²) in [7, 11) is 0. The molecule has 132 valence electrons. The number of aryl methyl sites for hydroxylation is 1. The average molecular weight is 339 g/mol. The van der Waals surface area contributed by atoms with Crippen molar-refractivity contribution in [3.8, 4) is 5.75 Å². The van der Waals surface area contributed by atoms with E-state index in [0.29, 0.717) is 17.3 Å². The fourth-order valence-electron chi connectivity index (χ4n) is 2.35. The summed E-state index contributed by atoms with van der Waals surface area (Å²) in [4.78, 5) is 12.0. The molecule has 0 fully saturated rings. The lowest BCUT2D eigenvalue weighted by atomic mass is 10.0. The molecule has 0 aliphatic rings. The first-order valence-electron chi connectivity index (χ1n) is 8.29. The number of rotatable bonds is 6. The molecule has 25 heavy (non-hydrogen) atoms. The normalized spacial score (nSPS) is 11.5. The molecule has 0 aromatic heterocycles. The van der Waals surface area contributed by atoms with Crippen molar-refractivity contribution in [3.05, 3.63) is 59.2 Å². The first-order valence-corrected chi connectivity index (χ1v) is 8.29. The highest BCUT2D eigenvalue weighted by molar-refractivity contribution is 5.99. The van der Waals surface area contributed by atoms with Gasteiger partial charge in [-0.1, -0.05) is 38.1 Å². The molecule has 2 aromatic rings. The van der Waals surface area contributed by atoms with Crippen LogP contribution in [-0.2, 0) is 4.79 Å². The summed E-state index contributed by atoms with van der Waals surface area (Å²) in [5, 5.41) is 4.11. The highest BCUT2D eigenvalue weighted by Crippen LogP contribution is 2.27. The lowest BCUT2D eigenvalue weighted by molar-refractivity contribution is -0.123. The minimum Gasteiger partial charge on any atom is -0.483 e. The van der Waals surface area contributed by atoms with Crippen LogP contribution in [0.2, 0.25) is 0 Å². The highest BCUT2D eigenvalue weighted by atomic mass is 16.5. The number of carbonyl (C=O) groups is 1. The third kappa shape index (κ3) is 5.35. The molecule has 0 saturated carbocycles. The first-order chi connectivity index (χ1) is 11.9. The Morgan fingerprint density at radius 2 is 1.88 bits per heavy atom. The third-order valence-corrected chi connectivity index (χ3v) is 3.83. The zero-order valence-electron chi connectivity index (χ0n) is 15.2. The van der Waals surface area contributed by atoms with E-state index in [9.17, 15) is 4.79 Å². The van der Waals surface area contributed by atoms with E-state index in [4.69, 9.17) is 10.5 Å². The summed E-state index contributed by atoms with van der Waals surface area (Å²) in [6.07, 6.45) is 0. The maximum atomic E-state index is 12.0. The second-order valence-electron chi connectivity index (χ2n) is 6.34.